The Morgan fingerprint density at radius 2 is 2.06 bits per heavy atom. The Hall–Kier alpha value is -1.27. The molecule has 3 N–H and O–H groups in total. The molecule has 0 aliphatic heterocycles. The highest BCUT2D eigenvalue weighted by Crippen LogP contribution is 2.22. The molecule has 5 nitrogen and oxygen atoms in total. The van der Waals surface area contributed by atoms with Gasteiger partial charge in [-0.3, -0.25) is 5.10 Å². The fourth-order valence-corrected chi connectivity index (χ4v) is 2.00. The van der Waals surface area contributed by atoms with Crippen LogP contribution in [0.2, 0.25) is 0 Å². The molecule has 0 bridgehead atoms. The van der Waals surface area contributed by atoms with E-state index in [1.807, 2.05) is 12.3 Å². The Bertz CT molecular complexity index is 427. The second-order valence-corrected chi connectivity index (χ2v) is 4.95. The van der Waals surface area contributed by atoms with Crippen LogP contribution in [0, 0.1) is 0 Å². The topological polar surface area (TPSA) is 80.5 Å². The number of H-pyrrole nitrogens is 1. The van der Waals surface area contributed by atoms with Crippen molar-refractivity contribution in [3.05, 3.63) is 16.2 Å². The summed E-state index contributed by atoms with van der Waals surface area (Å²) in [6.07, 6.45) is 0. The van der Waals surface area contributed by atoms with Crippen molar-refractivity contribution in [1.82, 2.24) is 20.2 Å². The third-order valence-electron chi connectivity index (χ3n) is 2.19. The number of nitrogens with two attached hydrogens (primary N) is 1. The van der Waals surface area contributed by atoms with Crippen LogP contribution in [-0.2, 0) is 0 Å². The minimum Gasteiger partial charge on any atom is -0.322 e. The lowest BCUT2D eigenvalue weighted by Crippen LogP contribution is -2.03. The van der Waals surface area contributed by atoms with Crippen molar-refractivity contribution in [2.45, 2.75) is 32.7 Å². The summed E-state index contributed by atoms with van der Waals surface area (Å²) in [7, 11) is 0. The van der Waals surface area contributed by atoms with Gasteiger partial charge in [0.05, 0.1) is 6.04 Å². The molecule has 6 heteroatoms. The zero-order valence-electron chi connectivity index (χ0n) is 9.56. The molecule has 2 heterocycles. The molecule has 0 amide bonds. The Morgan fingerprint density at radius 1 is 1.31 bits per heavy atom. The number of nitrogens with one attached hydrogen (secondary N) is 1. The van der Waals surface area contributed by atoms with Crippen molar-refractivity contribution < 1.29 is 0 Å². The number of rotatable bonds is 3. The monoisotopic (exact) mass is 237 g/mol. The molecule has 1 atom stereocenters. The SMILES string of the molecule is CC(C)c1nc(-c2csc(C(C)N)n2)n[nH]1. The predicted molar refractivity (Wildman–Crippen MR) is 64.2 cm³/mol. The lowest BCUT2D eigenvalue weighted by atomic mass is 10.2. The summed E-state index contributed by atoms with van der Waals surface area (Å²) in [4.78, 5) is 8.79. The number of aromatic amines is 1. The summed E-state index contributed by atoms with van der Waals surface area (Å²) in [5.41, 5.74) is 6.55. The first kappa shape index (κ1) is 11.2. The summed E-state index contributed by atoms with van der Waals surface area (Å²) < 4.78 is 0. The molecule has 0 fully saturated rings. The van der Waals surface area contributed by atoms with Gasteiger partial charge in [-0.15, -0.1) is 11.3 Å². The van der Waals surface area contributed by atoms with Crippen molar-refractivity contribution in [3.63, 3.8) is 0 Å². The molecule has 86 valence electrons. The smallest absolute Gasteiger partial charge is 0.200 e. The standard InChI is InChI=1S/C10H15N5S/c1-5(2)8-13-9(15-14-8)7-4-16-10(12-7)6(3)11/h4-6H,11H2,1-3H3,(H,13,14,15). The highest BCUT2D eigenvalue weighted by Gasteiger charge is 2.13. The molecule has 2 rings (SSSR count). The van der Waals surface area contributed by atoms with Gasteiger partial charge in [0.1, 0.15) is 16.5 Å². The maximum Gasteiger partial charge on any atom is 0.200 e. The lowest BCUT2D eigenvalue weighted by molar-refractivity contribution is 0.781. The Kier molecular flexibility index (Phi) is 3.02. The average Bonchev–Trinajstić information content (AvgIpc) is 2.86. The largest absolute Gasteiger partial charge is 0.322 e. The van der Waals surface area contributed by atoms with E-state index in [-0.39, 0.29) is 6.04 Å². The van der Waals surface area contributed by atoms with Crippen LogP contribution in [0.4, 0.5) is 0 Å². The van der Waals surface area contributed by atoms with E-state index in [4.69, 9.17) is 5.73 Å². The fraction of sp³-hybridized carbons (Fsp3) is 0.500. The van der Waals surface area contributed by atoms with E-state index in [1.165, 1.54) is 0 Å². The van der Waals surface area contributed by atoms with E-state index in [0.29, 0.717) is 11.7 Å². The molecule has 2 aromatic heterocycles. The van der Waals surface area contributed by atoms with Gasteiger partial charge in [0.25, 0.3) is 0 Å². The minimum absolute atomic E-state index is 0.0396. The summed E-state index contributed by atoms with van der Waals surface area (Å²) in [6, 6.07) is -0.0396. The van der Waals surface area contributed by atoms with Crippen LogP contribution in [0.25, 0.3) is 11.5 Å². The maximum atomic E-state index is 5.76. The zero-order valence-corrected chi connectivity index (χ0v) is 10.4. The van der Waals surface area contributed by atoms with Crippen molar-refractivity contribution in [3.8, 4) is 11.5 Å². The van der Waals surface area contributed by atoms with Gasteiger partial charge in [0.15, 0.2) is 0 Å². The number of hydrogen-bond acceptors (Lipinski definition) is 5. The summed E-state index contributed by atoms with van der Waals surface area (Å²) in [5.74, 6) is 1.87. The Morgan fingerprint density at radius 3 is 2.56 bits per heavy atom. The number of aromatic nitrogens is 4. The lowest BCUT2D eigenvalue weighted by Gasteiger charge is -1.96. The van der Waals surface area contributed by atoms with Gasteiger partial charge < -0.3 is 5.73 Å². The van der Waals surface area contributed by atoms with E-state index in [9.17, 15) is 0 Å². The Balaban J connectivity index is 2.28. The quantitative estimate of drug-likeness (QED) is 0.856. The summed E-state index contributed by atoms with van der Waals surface area (Å²) in [5, 5.41) is 9.91. The van der Waals surface area contributed by atoms with E-state index in [2.05, 4.69) is 34.0 Å². The van der Waals surface area contributed by atoms with Crippen LogP contribution in [0.3, 0.4) is 0 Å². The predicted octanol–water partition coefficient (Wildman–Crippen LogP) is 2.07. The van der Waals surface area contributed by atoms with Crippen LogP contribution in [-0.4, -0.2) is 20.2 Å². The molecule has 0 saturated carbocycles. The summed E-state index contributed by atoms with van der Waals surface area (Å²) in [6.45, 7) is 6.05. The molecular weight excluding hydrogens is 222 g/mol. The normalized spacial score (nSPS) is 13.3. The molecule has 0 radical (unpaired) electrons. The Labute approximate surface area is 98.1 Å². The van der Waals surface area contributed by atoms with Crippen molar-refractivity contribution in [1.29, 1.82) is 0 Å². The van der Waals surface area contributed by atoms with E-state index in [1.54, 1.807) is 11.3 Å². The van der Waals surface area contributed by atoms with Gasteiger partial charge >= 0.3 is 0 Å². The molecule has 1 unspecified atom stereocenters. The van der Waals surface area contributed by atoms with Crippen molar-refractivity contribution >= 4 is 11.3 Å². The van der Waals surface area contributed by atoms with Crippen molar-refractivity contribution in [2.24, 2.45) is 5.73 Å². The molecule has 0 spiro atoms. The molecule has 2 aromatic rings. The molecule has 0 aromatic carbocycles. The first-order valence-electron chi connectivity index (χ1n) is 5.21. The van der Waals surface area contributed by atoms with E-state index in [0.717, 1.165) is 16.5 Å². The highest BCUT2D eigenvalue weighted by molar-refractivity contribution is 7.10. The summed E-state index contributed by atoms with van der Waals surface area (Å²) >= 11 is 1.54. The van der Waals surface area contributed by atoms with Gasteiger partial charge in [-0.2, -0.15) is 5.10 Å². The number of hydrogen-bond donors (Lipinski definition) is 2. The second-order valence-electron chi connectivity index (χ2n) is 4.06. The third kappa shape index (κ3) is 2.12. The van der Waals surface area contributed by atoms with Crippen LogP contribution < -0.4 is 5.73 Å². The van der Waals surface area contributed by atoms with Gasteiger partial charge in [0, 0.05) is 11.3 Å². The second kappa shape index (κ2) is 4.31. The van der Waals surface area contributed by atoms with Crippen LogP contribution in [0.15, 0.2) is 5.38 Å². The van der Waals surface area contributed by atoms with Gasteiger partial charge in [0.2, 0.25) is 5.82 Å². The van der Waals surface area contributed by atoms with Crippen LogP contribution in [0.5, 0.6) is 0 Å². The number of thiazole rings is 1. The molecule has 0 saturated heterocycles. The first-order valence-corrected chi connectivity index (χ1v) is 6.09. The van der Waals surface area contributed by atoms with E-state index >= 15 is 0 Å². The fourth-order valence-electron chi connectivity index (χ4n) is 1.25. The zero-order chi connectivity index (χ0) is 11.7. The van der Waals surface area contributed by atoms with E-state index < -0.39 is 0 Å². The van der Waals surface area contributed by atoms with Gasteiger partial charge in [-0.1, -0.05) is 13.8 Å². The third-order valence-corrected chi connectivity index (χ3v) is 3.24. The minimum atomic E-state index is -0.0396. The maximum absolute atomic E-state index is 5.76. The number of nitrogens with zero attached hydrogens (tertiary/aromatic N) is 3. The van der Waals surface area contributed by atoms with Gasteiger partial charge in [-0.25, -0.2) is 9.97 Å². The highest BCUT2D eigenvalue weighted by atomic mass is 32.1. The average molecular weight is 237 g/mol. The molecule has 0 aliphatic carbocycles. The van der Waals surface area contributed by atoms with Crippen LogP contribution >= 0.6 is 11.3 Å². The van der Waals surface area contributed by atoms with Crippen molar-refractivity contribution in [2.75, 3.05) is 0 Å². The molecule has 16 heavy (non-hydrogen) atoms. The van der Waals surface area contributed by atoms with Gasteiger partial charge in [-0.05, 0) is 6.92 Å². The molecule has 0 aliphatic rings. The molecular formula is C10H15N5S. The first-order chi connectivity index (χ1) is 7.58. The van der Waals surface area contributed by atoms with Crippen LogP contribution in [0.1, 0.15) is 43.6 Å².